The molecule has 2 rings (SSSR count). The van der Waals surface area contributed by atoms with Gasteiger partial charge >= 0.3 is 0 Å². The Balaban J connectivity index is 2.24. The van der Waals surface area contributed by atoms with Crippen molar-refractivity contribution in [2.24, 2.45) is 5.92 Å². The van der Waals surface area contributed by atoms with Gasteiger partial charge in [-0.1, -0.05) is 13.8 Å². The molecule has 0 amide bonds. The third kappa shape index (κ3) is 0.959. The van der Waals surface area contributed by atoms with Crippen molar-refractivity contribution in [2.45, 2.75) is 44.4 Å². The molecule has 2 fully saturated rings. The Hall–Kier alpha value is -0.0151. The predicted octanol–water partition coefficient (Wildman–Crippen LogP) is 1.08. The summed E-state index contributed by atoms with van der Waals surface area (Å²) in [6, 6.07) is -0.206. The summed E-state index contributed by atoms with van der Waals surface area (Å²) in [6.45, 7) is 5.15. The normalized spacial score (nSPS) is 52.7. The molecule has 0 aliphatic carbocycles. The molecule has 66 valence electrons. The highest BCUT2D eigenvalue weighted by atomic mass is 16.6. The summed E-state index contributed by atoms with van der Waals surface area (Å²) in [4.78, 5) is 0. The molecule has 2 saturated heterocycles. The maximum absolute atomic E-state index is 5.82. The van der Waals surface area contributed by atoms with Crippen molar-refractivity contribution in [3.05, 3.63) is 0 Å². The summed E-state index contributed by atoms with van der Waals surface area (Å²) < 4.78 is 11.4. The summed E-state index contributed by atoms with van der Waals surface area (Å²) in [5.74, 6) is 0.450. The lowest BCUT2D eigenvalue weighted by molar-refractivity contribution is -0.0683. The molecule has 3 heteroatoms. The van der Waals surface area contributed by atoms with E-state index >= 15 is 0 Å². The average Bonchev–Trinajstić information content (AvgIpc) is 2.23. The highest BCUT2D eigenvalue weighted by Gasteiger charge is 2.52. The van der Waals surface area contributed by atoms with E-state index in [1.54, 1.807) is 0 Å². The van der Waals surface area contributed by atoms with Crippen LogP contribution in [0.3, 0.4) is 0 Å². The van der Waals surface area contributed by atoms with Crippen LogP contribution in [0.25, 0.3) is 0 Å². The largest absolute Gasteiger partial charge is 0.378 e. The third-order valence-electron chi connectivity index (χ3n) is 3.45. The van der Waals surface area contributed by atoms with E-state index in [0.717, 1.165) is 19.4 Å². The summed E-state index contributed by atoms with van der Waals surface area (Å²) >= 11 is 0. The topological polar surface area (TPSA) is 18.5 Å². The van der Waals surface area contributed by atoms with Crippen molar-refractivity contribution in [1.82, 2.24) is 0 Å². The molecule has 4 unspecified atom stereocenters. The van der Waals surface area contributed by atoms with Crippen LogP contribution in [-0.4, -0.2) is 32.2 Å². The van der Waals surface area contributed by atoms with Gasteiger partial charge in [-0.2, -0.15) is 0 Å². The maximum Gasteiger partial charge on any atom is 0.112 e. The molecular weight excluding hydrogens is 151 g/mol. The first-order valence-corrected chi connectivity index (χ1v) is 4.74. The van der Waals surface area contributed by atoms with E-state index < -0.39 is 0 Å². The number of hydrogen-bond donors (Lipinski definition) is 0. The molecule has 2 heterocycles. The monoisotopic (exact) mass is 166 g/mol. The fraction of sp³-hybridized carbons (Fsp3) is 1.00. The summed E-state index contributed by atoms with van der Waals surface area (Å²) in [5, 5.41) is 0. The van der Waals surface area contributed by atoms with E-state index in [2.05, 4.69) is 13.8 Å². The lowest BCUT2D eigenvalue weighted by atomic mass is 9.78. The van der Waals surface area contributed by atoms with Gasteiger partial charge in [-0.3, -0.25) is 0 Å². The molecular formula is C9H15BO2. The Labute approximate surface area is 75.0 Å². The summed E-state index contributed by atoms with van der Waals surface area (Å²) in [5.41, 5.74) is 0.0162. The van der Waals surface area contributed by atoms with Gasteiger partial charge in [0.25, 0.3) is 0 Å². The molecule has 0 aromatic carbocycles. The lowest BCUT2D eigenvalue weighted by Crippen LogP contribution is -2.42. The van der Waals surface area contributed by atoms with Gasteiger partial charge in [-0.05, 0) is 6.42 Å². The average molecular weight is 166 g/mol. The number of ether oxygens (including phenoxy) is 2. The van der Waals surface area contributed by atoms with Crippen molar-refractivity contribution in [3.63, 3.8) is 0 Å². The number of fused-ring (bicyclic) bond motifs is 2. The van der Waals surface area contributed by atoms with Crippen LogP contribution in [0, 0.1) is 5.92 Å². The van der Waals surface area contributed by atoms with Gasteiger partial charge in [0.1, 0.15) is 7.85 Å². The quantitative estimate of drug-likeness (QED) is 0.542. The molecule has 0 aromatic rings. The second-order valence-corrected chi connectivity index (χ2v) is 3.87. The SMILES string of the molecule is [B]C1OC2(CC)CCOC1C2C. The van der Waals surface area contributed by atoms with Gasteiger partial charge in [-0.25, -0.2) is 0 Å². The van der Waals surface area contributed by atoms with Crippen molar-refractivity contribution in [3.8, 4) is 0 Å². The molecule has 0 N–H and O–H groups in total. The highest BCUT2D eigenvalue weighted by molar-refractivity contribution is 6.11. The van der Waals surface area contributed by atoms with Gasteiger partial charge < -0.3 is 9.47 Å². The first kappa shape index (κ1) is 8.58. The fourth-order valence-corrected chi connectivity index (χ4v) is 2.50. The summed E-state index contributed by atoms with van der Waals surface area (Å²) in [7, 11) is 5.82. The Morgan fingerprint density at radius 3 is 2.92 bits per heavy atom. The minimum atomic E-state index is -0.206. The van der Waals surface area contributed by atoms with E-state index in [0.29, 0.717) is 5.92 Å². The maximum atomic E-state index is 5.82. The van der Waals surface area contributed by atoms with Crippen molar-refractivity contribution >= 4 is 7.85 Å². The van der Waals surface area contributed by atoms with Crippen LogP contribution in [0.4, 0.5) is 0 Å². The Morgan fingerprint density at radius 1 is 1.58 bits per heavy atom. The van der Waals surface area contributed by atoms with E-state index in [9.17, 15) is 0 Å². The Morgan fingerprint density at radius 2 is 2.33 bits per heavy atom. The van der Waals surface area contributed by atoms with E-state index in [1.165, 1.54) is 0 Å². The minimum Gasteiger partial charge on any atom is -0.378 e. The smallest absolute Gasteiger partial charge is 0.112 e. The fourth-order valence-electron chi connectivity index (χ4n) is 2.50. The van der Waals surface area contributed by atoms with Gasteiger partial charge in [-0.15, -0.1) is 0 Å². The Kier molecular flexibility index (Phi) is 1.96. The van der Waals surface area contributed by atoms with E-state index in [1.807, 2.05) is 0 Å². The van der Waals surface area contributed by atoms with Gasteiger partial charge in [0.2, 0.25) is 0 Å². The first-order valence-electron chi connectivity index (χ1n) is 4.74. The minimum absolute atomic E-state index is 0.0162. The van der Waals surface area contributed by atoms with Crippen molar-refractivity contribution in [1.29, 1.82) is 0 Å². The van der Waals surface area contributed by atoms with Crippen LogP contribution in [0.5, 0.6) is 0 Å². The molecule has 0 aromatic heterocycles. The van der Waals surface area contributed by atoms with Gasteiger partial charge in [0, 0.05) is 24.9 Å². The molecule has 12 heavy (non-hydrogen) atoms. The van der Waals surface area contributed by atoms with Crippen molar-refractivity contribution in [2.75, 3.05) is 6.61 Å². The predicted molar refractivity (Wildman–Crippen MR) is 47.2 cm³/mol. The molecule has 2 bridgehead atoms. The molecule has 2 aliphatic rings. The zero-order valence-corrected chi connectivity index (χ0v) is 7.75. The number of rotatable bonds is 1. The Bertz CT molecular complexity index is 185. The molecule has 2 nitrogen and oxygen atoms in total. The van der Waals surface area contributed by atoms with Crippen LogP contribution in [0.15, 0.2) is 0 Å². The number of hydrogen-bond acceptors (Lipinski definition) is 2. The zero-order chi connectivity index (χ0) is 8.77. The molecule has 2 radical (unpaired) electrons. The lowest BCUT2D eigenvalue weighted by Gasteiger charge is -2.36. The summed E-state index contributed by atoms with van der Waals surface area (Å²) in [6.07, 6.45) is 2.16. The van der Waals surface area contributed by atoms with Crippen LogP contribution < -0.4 is 0 Å². The first-order chi connectivity index (χ1) is 5.69. The van der Waals surface area contributed by atoms with Crippen LogP contribution in [0.2, 0.25) is 0 Å². The van der Waals surface area contributed by atoms with Gasteiger partial charge in [0.05, 0.1) is 11.7 Å². The van der Waals surface area contributed by atoms with Crippen LogP contribution in [-0.2, 0) is 9.47 Å². The molecule has 4 atom stereocenters. The van der Waals surface area contributed by atoms with E-state index in [-0.39, 0.29) is 17.7 Å². The third-order valence-corrected chi connectivity index (χ3v) is 3.45. The second kappa shape index (κ2) is 2.74. The second-order valence-electron chi connectivity index (χ2n) is 3.87. The van der Waals surface area contributed by atoms with Crippen LogP contribution in [0.1, 0.15) is 26.7 Å². The van der Waals surface area contributed by atoms with E-state index in [4.69, 9.17) is 17.3 Å². The van der Waals surface area contributed by atoms with Crippen molar-refractivity contribution < 1.29 is 9.47 Å². The molecule has 2 aliphatic heterocycles. The molecule has 0 saturated carbocycles. The van der Waals surface area contributed by atoms with Crippen LogP contribution >= 0.6 is 0 Å². The zero-order valence-electron chi connectivity index (χ0n) is 7.75. The molecule has 0 spiro atoms. The van der Waals surface area contributed by atoms with Gasteiger partial charge in [0.15, 0.2) is 0 Å². The standard InChI is InChI=1S/C9H15BO2/c1-3-9-4-5-11-7(6(9)2)8(10)12-9/h6-8H,3-5H2,1-2H3. The highest BCUT2D eigenvalue weighted by Crippen LogP contribution is 2.44.